The molecule has 11 heteroatoms. The Bertz CT molecular complexity index is 1610. The molecule has 37 heavy (non-hydrogen) atoms. The molecule has 3 aromatic carbocycles. The van der Waals surface area contributed by atoms with E-state index in [9.17, 15) is 18.0 Å². The Morgan fingerprint density at radius 2 is 1.76 bits per heavy atom. The van der Waals surface area contributed by atoms with Gasteiger partial charge in [0.2, 0.25) is 10.0 Å². The molecule has 0 aliphatic rings. The second-order valence-electron chi connectivity index (χ2n) is 8.02. The first kappa shape index (κ1) is 26.9. The van der Waals surface area contributed by atoms with Crippen molar-refractivity contribution in [3.05, 3.63) is 93.2 Å². The van der Waals surface area contributed by atoms with Crippen molar-refractivity contribution >= 4 is 59.4 Å². The summed E-state index contributed by atoms with van der Waals surface area (Å²) >= 11 is 4.69. The largest absolute Gasteiger partial charge is 0.468 e. The van der Waals surface area contributed by atoms with E-state index in [1.807, 2.05) is 48.5 Å². The molecule has 0 atom stereocenters. The maximum atomic E-state index is 13.2. The third kappa shape index (κ3) is 6.07. The van der Waals surface area contributed by atoms with Crippen LogP contribution in [0.25, 0.3) is 10.2 Å². The van der Waals surface area contributed by atoms with E-state index >= 15 is 0 Å². The van der Waals surface area contributed by atoms with E-state index in [-0.39, 0.29) is 23.5 Å². The number of benzene rings is 3. The fourth-order valence-electron chi connectivity index (χ4n) is 3.70. The van der Waals surface area contributed by atoms with E-state index in [0.29, 0.717) is 11.3 Å². The average Bonchev–Trinajstić information content (AvgIpc) is 3.22. The van der Waals surface area contributed by atoms with E-state index in [0.717, 1.165) is 20.3 Å². The van der Waals surface area contributed by atoms with E-state index in [1.165, 1.54) is 47.0 Å². The van der Waals surface area contributed by atoms with E-state index in [1.54, 1.807) is 11.5 Å². The second kappa shape index (κ2) is 11.5. The Kier molecular flexibility index (Phi) is 8.38. The Balaban J connectivity index is 1.64. The van der Waals surface area contributed by atoms with E-state index in [2.05, 4.69) is 20.9 Å². The number of ether oxygens (including phenoxy) is 1. The van der Waals surface area contributed by atoms with Crippen LogP contribution in [0.2, 0.25) is 0 Å². The van der Waals surface area contributed by atoms with Crippen LogP contribution in [0.5, 0.6) is 0 Å². The molecule has 0 unspecified atom stereocenters. The number of hydrogen-bond acceptors (Lipinski definition) is 6. The summed E-state index contributed by atoms with van der Waals surface area (Å²) in [7, 11) is -2.46. The standard InChI is InChI=1S/C26H24BrN3O5S2/c1-3-29(16-18-7-5-4-6-8-18)37(33,34)21-12-9-19(10-13-21)25(32)28-26-30(17-24(31)35-2)22-14-11-20(27)15-23(22)36-26/h4-15H,3,16-17H2,1-2H3. The maximum absolute atomic E-state index is 13.2. The zero-order valence-corrected chi connectivity index (χ0v) is 23.3. The van der Waals surface area contributed by atoms with Gasteiger partial charge in [-0.3, -0.25) is 9.59 Å². The van der Waals surface area contributed by atoms with Crippen molar-refractivity contribution in [3.63, 3.8) is 0 Å². The summed E-state index contributed by atoms with van der Waals surface area (Å²) in [6.07, 6.45) is 0. The Morgan fingerprint density at radius 3 is 2.41 bits per heavy atom. The number of sulfonamides is 1. The van der Waals surface area contributed by atoms with Crippen LogP contribution >= 0.6 is 27.3 Å². The van der Waals surface area contributed by atoms with Crippen molar-refractivity contribution in [2.24, 2.45) is 4.99 Å². The SMILES string of the molecule is CCN(Cc1ccccc1)S(=O)(=O)c1ccc(C(=O)N=c2sc3cc(Br)ccc3n2CC(=O)OC)cc1. The van der Waals surface area contributed by atoms with Crippen LogP contribution in [0, 0.1) is 0 Å². The molecule has 0 aliphatic carbocycles. The lowest BCUT2D eigenvalue weighted by Gasteiger charge is -2.20. The van der Waals surface area contributed by atoms with Crippen LogP contribution in [0.1, 0.15) is 22.8 Å². The molecule has 0 saturated carbocycles. The molecule has 0 saturated heterocycles. The molecule has 1 aromatic heterocycles. The molecule has 0 bridgehead atoms. The van der Waals surface area contributed by atoms with Crippen LogP contribution in [-0.4, -0.2) is 42.8 Å². The van der Waals surface area contributed by atoms with Crippen LogP contribution in [-0.2, 0) is 32.6 Å². The van der Waals surface area contributed by atoms with Crippen LogP contribution < -0.4 is 4.80 Å². The Morgan fingerprint density at radius 1 is 1.05 bits per heavy atom. The molecule has 0 aliphatic heterocycles. The Labute approximate surface area is 227 Å². The predicted octanol–water partition coefficient (Wildman–Crippen LogP) is 4.59. The van der Waals surface area contributed by atoms with Crippen molar-refractivity contribution in [2.45, 2.75) is 24.9 Å². The number of methoxy groups -OCH3 is 1. The first-order valence-electron chi connectivity index (χ1n) is 11.3. The molecule has 8 nitrogen and oxygen atoms in total. The van der Waals surface area contributed by atoms with Gasteiger partial charge in [0, 0.05) is 23.1 Å². The third-order valence-electron chi connectivity index (χ3n) is 5.65. The molecule has 0 fully saturated rings. The van der Waals surface area contributed by atoms with Gasteiger partial charge in [0.25, 0.3) is 5.91 Å². The molecule has 0 radical (unpaired) electrons. The topological polar surface area (TPSA) is 98.0 Å². The monoisotopic (exact) mass is 601 g/mol. The Hall–Kier alpha value is -3.12. The van der Waals surface area contributed by atoms with Gasteiger partial charge in [-0.25, -0.2) is 8.42 Å². The smallest absolute Gasteiger partial charge is 0.325 e. The quantitative estimate of drug-likeness (QED) is 0.275. The number of carbonyl (C=O) groups is 2. The first-order chi connectivity index (χ1) is 17.7. The van der Waals surface area contributed by atoms with Gasteiger partial charge >= 0.3 is 5.97 Å². The predicted molar refractivity (Wildman–Crippen MR) is 146 cm³/mol. The summed E-state index contributed by atoms with van der Waals surface area (Å²) < 4.78 is 35.9. The number of rotatable bonds is 8. The van der Waals surface area contributed by atoms with Gasteiger partial charge in [-0.05, 0) is 48.0 Å². The van der Waals surface area contributed by atoms with Crippen molar-refractivity contribution in [1.29, 1.82) is 0 Å². The van der Waals surface area contributed by atoms with E-state index in [4.69, 9.17) is 4.74 Å². The molecule has 4 aromatic rings. The summed E-state index contributed by atoms with van der Waals surface area (Å²) in [5.74, 6) is -1.02. The highest BCUT2D eigenvalue weighted by molar-refractivity contribution is 9.10. The third-order valence-corrected chi connectivity index (χ3v) is 9.12. The number of thiazole rings is 1. The van der Waals surface area contributed by atoms with Crippen molar-refractivity contribution in [3.8, 4) is 0 Å². The number of aromatic nitrogens is 1. The number of halogens is 1. The highest BCUT2D eigenvalue weighted by atomic mass is 79.9. The number of carbonyl (C=O) groups excluding carboxylic acids is 2. The van der Waals surface area contributed by atoms with Gasteiger partial charge in [0.15, 0.2) is 4.80 Å². The number of amides is 1. The lowest BCUT2D eigenvalue weighted by atomic mass is 10.2. The average molecular weight is 603 g/mol. The molecule has 4 rings (SSSR count). The minimum atomic E-state index is -3.76. The van der Waals surface area contributed by atoms with Gasteiger partial charge < -0.3 is 9.30 Å². The summed E-state index contributed by atoms with van der Waals surface area (Å²) in [5, 5.41) is 0. The lowest BCUT2D eigenvalue weighted by Crippen LogP contribution is -2.30. The zero-order chi connectivity index (χ0) is 26.6. The molecule has 192 valence electrons. The maximum Gasteiger partial charge on any atom is 0.325 e. The highest BCUT2D eigenvalue weighted by Gasteiger charge is 2.23. The summed E-state index contributed by atoms with van der Waals surface area (Å²) in [6, 6.07) is 20.6. The summed E-state index contributed by atoms with van der Waals surface area (Å²) in [5.41, 5.74) is 1.85. The van der Waals surface area contributed by atoms with Crippen molar-refractivity contribution in [2.75, 3.05) is 13.7 Å². The zero-order valence-electron chi connectivity index (χ0n) is 20.1. The fraction of sp³-hybridized carbons (Fsp3) is 0.192. The number of fused-ring (bicyclic) bond motifs is 1. The lowest BCUT2D eigenvalue weighted by molar-refractivity contribution is -0.141. The molecule has 1 heterocycles. The summed E-state index contributed by atoms with van der Waals surface area (Å²) in [6.45, 7) is 2.23. The van der Waals surface area contributed by atoms with Crippen LogP contribution in [0.15, 0.2) is 87.2 Å². The van der Waals surface area contributed by atoms with Crippen molar-refractivity contribution < 1.29 is 22.7 Å². The van der Waals surface area contributed by atoms with Gasteiger partial charge in [0.1, 0.15) is 6.54 Å². The molecule has 0 N–H and O–H groups in total. The second-order valence-corrected chi connectivity index (χ2v) is 11.9. The number of esters is 1. The minimum Gasteiger partial charge on any atom is -0.468 e. The molecular weight excluding hydrogens is 578 g/mol. The molecule has 1 amide bonds. The van der Waals surface area contributed by atoms with Gasteiger partial charge in [0.05, 0.1) is 22.2 Å². The molecule has 0 spiro atoms. The highest BCUT2D eigenvalue weighted by Crippen LogP contribution is 2.23. The van der Waals surface area contributed by atoms with Gasteiger partial charge in [-0.15, -0.1) is 0 Å². The minimum absolute atomic E-state index is 0.0919. The summed E-state index contributed by atoms with van der Waals surface area (Å²) in [4.78, 5) is 29.7. The van der Waals surface area contributed by atoms with Gasteiger partial charge in [-0.2, -0.15) is 9.30 Å². The number of hydrogen-bond donors (Lipinski definition) is 0. The van der Waals surface area contributed by atoms with Crippen LogP contribution in [0.4, 0.5) is 0 Å². The fourth-order valence-corrected chi connectivity index (χ4v) is 6.72. The normalized spacial score (nSPS) is 12.3. The number of nitrogens with zero attached hydrogens (tertiary/aromatic N) is 3. The van der Waals surface area contributed by atoms with E-state index < -0.39 is 21.9 Å². The molecular formula is C26H24BrN3O5S2. The van der Waals surface area contributed by atoms with Crippen LogP contribution in [0.3, 0.4) is 0 Å². The first-order valence-corrected chi connectivity index (χ1v) is 14.4. The van der Waals surface area contributed by atoms with Gasteiger partial charge in [-0.1, -0.05) is 64.5 Å². The van der Waals surface area contributed by atoms with Crippen molar-refractivity contribution in [1.82, 2.24) is 8.87 Å².